The van der Waals surface area contributed by atoms with Crippen LogP contribution in [0.3, 0.4) is 0 Å². The van der Waals surface area contributed by atoms with E-state index in [0.29, 0.717) is 42.9 Å². The van der Waals surface area contributed by atoms with E-state index in [4.69, 9.17) is 19.2 Å². The van der Waals surface area contributed by atoms with Crippen LogP contribution in [0.2, 0.25) is 0 Å². The van der Waals surface area contributed by atoms with Crippen LogP contribution < -0.4 is 19.7 Å². The Morgan fingerprint density at radius 2 is 2.05 bits per heavy atom. The van der Waals surface area contributed by atoms with E-state index in [-0.39, 0.29) is 43.7 Å². The van der Waals surface area contributed by atoms with Crippen LogP contribution in [-0.4, -0.2) is 82.4 Å². The van der Waals surface area contributed by atoms with Gasteiger partial charge in [0.25, 0.3) is 0 Å². The summed E-state index contributed by atoms with van der Waals surface area (Å²) < 4.78 is 17.6. The highest BCUT2D eigenvalue weighted by Gasteiger charge is 2.32. The number of hydrogen-bond acceptors (Lipinski definition) is 9. The van der Waals surface area contributed by atoms with Crippen molar-refractivity contribution in [3.8, 4) is 17.4 Å². The molecule has 1 N–H and O–H groups in total. The van der Waals surface area contributed by atoms with Gasteiger partial charge >= 0.3 is 0 Å². The summed E-state index contributed by atoms with van der Waals surface area (Å²) in [6.07, 6.45) is 6.91. The number of anilines is 1. The predicted octanol–water partition coefficient (Wildman–Crippen LogP) is 1.32. The zero-order valence-electron chi connectivity index (χ0n) is 20.7. The standard InChI is InChI=1S/C25H29N7O5/c1-17(18-3-4-20-21(11-18)37-16-36-20)28-23(33)12-19-13-30(24(34)14-35-2)9-10-32(19)22-5-6-27-25(29-22)31-8-7-26-15-31/h3-8,11,15,17,19H,9-10,12-14,16H2,1-2H3,(H,28,33). The number of nitrogens with one attached hydrogen (secondary N) is 1. The van der Waals surface area contributed by atoms with Crippen molar-refractivity contribution in [1.82, 2.24) is 29.7 Å². The van der Waals surface area contributed by atoms with Gasteiger partial charge in [0.05, 0.1) is 12.1 Å². The van der Waals surface area contributed by atoms with Gasteiger partial charge in [-0.1, -0.05) is 6.07 Å². The predicted molar refractivity (Wildman–Crippen MR) is 132 cm³/mol. The van der Waals surface area contributed by atoms with Crippen molar-refractivity contribution < 1.29 is 23.8 Å². The SMILES string of the molecule is COCC(=O)N1CCN(c2ccnc(-n3ccnc3)n2)C(CC(=O)NC(C)c2ccc3c(c2)OCO3)C1. The molecule has 2 aliphatic heterocycles. The van der Waals surface area contributed by atoms with Gasteiger partial charge < -0.3 is 29.3 Å². The van der Waals surface area contributed by atoms with Crippen molar-refractivity contribution in [3.63, 3.8) is 0 Å². The molecule has 0 bridgehead atoms. The average Bonchev–Trinajstić information content (AvgIpc) is 3.61. The summed E-state index contributed by atoms with van der Waals surface area (Å²) in [4.78, 5) is 42.6. The lowest BCUT2D eigenvalue weighted by molar-refractivity contribution is -0.136. The number of carbonyl (C=O) groups is 2. The highest BCUT2D eigenvalue weighted by molar-refractivity contribution is 5.79. The lowest BCUT2D eigenvalue weighted by Crippen LogP contribution is -2.57. The Balaban J connectivity index is 1.32. The number of nitrogens with zero attached hydrogens (tertiary/aromatic N) is 6. The Morgan fingerprint density at radius 1 is 1.19 bits per heavy atom. The summed E-state index contributed by atoms with van der Waals surface area (Å²) in [7, 11) is 1.50. The Bertz CT molecular complexity index is 1250. The first-order valence-electron chi connectivity index (χ1n) is 12.1. The van der Waals surface area contributed by atoms with E-state index in [9.17, 15) is 9.59 Å². The second kappa shape index (κ2) is 10.8. The summed E-state index contributed by atoms with van der Waals surface area (Å²) in [6, 6.07) is 6.92. The molecule has 0 saturated carbocycles. The maximum Gasteiger partial charge on any atom is 0.248 e. The van der Waals surface area contributed by atoms with Gasteiger partial charge in [0, 0.05) is 51.8 Å². The molecule has 0 radical (unpaired) electrons. The molecule has 0 aliphatic carbocycles. The maximum atomic E-state index is 13.2. The van der Waals surface area contributed by atoms with Crippen molar-refractivity contribution in [2.24, 2.45) is 0 Å². The van der Waals surface area contributed by atoms with Crippen LogP contribution >= 0.6 is 0 Å². The van der Waals surface area contributed by atoms with Gasteiger partial charge in [-0.3, -0.25) is 14.2 Å². The number of benzene rings is 1. The summed E-state index contributed by atoms with van der Waals surface area (Å²) in [5, 5.41) is 3.07. The third-order valence-corrected chi connectivity index (χ3v) is 6.46. The highest BCUT2D eigenvalue weighted by atomic mass is 16.7. The van der Waals surface area contributed by atoms with Gasteiger partial charge in [0.2, 0.25) is 24.6 Å². The number of imidazole rings is 1. The number of ether oxygens (including phenoxy) is 3. The van der Waals surface area contributed by atoms with E-state index in [1.807, 2.05) is 31.2 Å². The fourth-order valence-electron chi connectivity index (χ4n) is 4.55. The molecule has 1 saturated heterocycles. The number of hydrogen-bond donors (Lipinski definition) is 1. The van der Waals surface area contributed by atoms with Gasteiger partial charge in [-0.25, -0.2) is 9.97 Å². The highest BCUT2D eigenvalue weighted by Crippen LogP contribution is 2.34. The number of fused-ring (bicyclic) bond motifs is 1. The second-order valence-electron chi connectivity index (χ2n) is 8.91. The molecular weight excluding hydrogens is 478 g/mol. The molecule has 1 fully saturated rings. The van der Waals surface area contributed by atoms with E-state index in [0.717, 1.165) is 5.56 Å². The smallest absolute Gasteiger partial charge is 0.248 e. The molecule has 2 aromatic heterocycles. The quantitative estimate of drug-likeness (QED) is 0.481. The summed E-state index contributed by atoms with van der Waals surface area (Å²) in [5.41, 5.74) is 0.913. The molecule has 1 aromatic carbocycles. The van der Waals surface area contributed by atoms with Crippen LogP contribution in [0.1, 0.15) is 24.9 Å². The average molecular weight is 508 g/mol. The molecule has 12 heteroatoms. The normalized spacial score (nSPS) is 17.5. The molecule has 37 heavy (non-hydrogen) atoms. The van der Waals surface area contributed by atoms with Crippen LogP contribution in [0.5, 0.6) is 11.5 Å². The Labute approximate surface area is 214 Å². The van der Waals surface area contributed by atoms with Crippen LogP contribution in [-0.2, 0) is 14.3 Å². The monoisotopic (exact) mass is 507 g/mol. The number of methoxy groups -OCH3 is 1. The van der Waals surface area contributed by atoms with Crippen molar-refractivity contribution in [3.05, 3.63) is 54.7 Å². The number of carbonyl (C=O) groups excluding carboxylic acids is 2. The minimum Gasteiger partial charge on any atom is -0.454 e. The minimum atomic E-state index is -0.288. The summed E-state index contributed by atoms with van der Waals surface area (Å²) in [5.74, 6) is 2.28. The van der Waals surface area contributed by atoms with Crippen molar-refractivity contribution in [2.75, 3.05) is 45.0 Å². The fourth-order valence-corrected chi connectivity index (χ4v) is 4.55. The van der Waals surface area contributed by atoms with Gasteiger partial charge in [-0.15, -0.1) is 0 Å². The molecule has 12 nitrogen and oxygen atoms in total. The Hall–Kier alpha value is -4.19. The molecule has 2 aliphatic rings. The van der Waals surface area contributed by atoms with Crippen molar-refractivity contribution in [1.29, 1.82) is 0 Å². The van der Waals surface area contributed by atoms with Crippen LogP contribution in [0, 0.1) is 0 Å². The van der Waals surface area contributed by atoms with Gasteiger partial charge in [0.15, 0.2) is 11.5 Å². The third kappa shape index (κ3) is 5.48. The van der Waals surface area contributed by atoms with E-state index in [2.05, 4.69) is 20.2 Å². The summed E-state index contributed by atoms with van der Waals surface area (Å²) in [6.45, 7) is 3.51. The van der Waals surface area contributed by atoms with E-state index < -0.39 is 0 Å². The number of aromatic nitrogens is 4. The zero-order chi connectivity index (χ0) is 25.8. The van der Waals surface area contributed by atoms with Gasteiger partial charge in [-0.05, 0) is 30.7 Å². The van der Waals surface area contributed by atoms with Crippen molar-refractivity contribution >= 4 is 17.6 Å². The number of piperazine rings is 1. The molecule has 0 spiro atoms. The molecule has 2 atom stereocenters. The molecule has 4 heterocycles. The minimum absolute atomic E-state index is 0.00164. The van der Waals surface area contributed by atoms with Crippen molar-refractivity contribution in [2.45, 2.75) is 25.4 Å². The molecule has 3 aromatic rings. The van der Waals surface area contributed by atoms with E-state index in [1.165, 1.54) is 7.11 Å². The zero-order valence-corrected chi connectivity index (χ0v) is 20.7. The molecule has 194 valence electrons. The lowest BCUT2D eigenvalue weighted by atomic mass is 10.0. The molecular formula is C25H29N7O5. The Kier molecular flexibility index (Phi) is 7.17. The first-order valence-corrected chi connectivity index (χ1v) is 12.1. The van der Waals surface area contributed by atoms with Crippen LogP contribution in [0.25, 0.3) is 5.95 Å². The second-order valence-corrected chi connectivity index (χ2v) is 8.91. The van der Waals surface area contributed by atoms with Gasteiger partial charge in [0.1, 0.15) is 18.8 Å². The topological polar surface area (TPSA) is 124 Å². The van der Waals surface area contributed by atoms with E-state index in [1.54, 1.807) is 34.4 Å². The first-order chi connectivity index (χ1) is 18.0. The van der Waals surface area contributed by atoms with Crippen LogP contribution in [0.15, 0.2) is 49.2 Å². The number of rotatable bonds is 8. The molecule has 2 amide bonds. The van der Waals surface area contributed by atoms with Crippen LogP contribution in [0.4, 0.5) is 5.82 Å². The fraction of sp³-hybridized carbons (Fsp3) is 0.400. The molecule has 5 rings (SSSR count). The maximum absolute atomic E-state index is 13.2. The first kappa shape index (κ1) is 24.5. The van der Waals surface area contributed by atoms with Gasteiger partial charge in [-0.2, -0.15) is 4.98 Å². The lowest BCUT2D eigenvalue weighted by Gasteiger charge is -2.42. The third-order valence-electron chi connectivity index (χ3n) is 6.46. The van der Waals surface area contributed by atoms with E-state index >= 15 is 0 Å². The summed E-state index contributed by atoms with van der Waals surface area (Å²) >= 11 is 0. The molecule has 2 unspecified atom stereocenters. The largest absolute Gasteiger partial charge is 0.454 e. The number of amides is 2. The Morgan fingerprint density at radius 3 is 2.86 bits per heavy atom.